The summed E-state index contributed by atoms with van der Waals surface area (Å²) in [4.78, 5) is 12.1. The van der Waals surface area contributed by atoms with Gasteiger partial charge in [-0.3, -0.25) is 0 Å². The van der Waals surface area contributed by atoms with Crippen LogP contribution in [0.5, 0.6) is 0 Å². The molecular formula is C23H22FN3O2S. The summed E-state index contributed by atoms with van der Waals surface area (Å²) in [6.07, 6.45) is 0. The highest BCUT2D eigenvalue weighted by atomic mass is 32.2. The summed E-state index contributed by atoms with van der Waals surface area (Å²) in [5.74, 6) is 1.30. The van der Waals surface area contributed by atoms with Crippen LogP contribution in [0.4, 0.5) is 4.39 Å². The van der Waals surface area contributed by atoms with Crippen LogP contribution in [0.15, 0.2) is 56.8 Å². The lowest BCUT2D eigenvalue weighted by Crippen LogP contribution is -2.02. The van der Waals surface area contributed by atoms with Gasteiger partial charge in [0.1, 0.15) is 11.4 Å². The van der Waals surface area contributed by atoms with Crippen molar-refractivity contribution in [2.75, 3.05) is 0 Å². The van der Waals surface area contributed by atoms with Gasteiger partial charge in [0, 0.05) is 29.8 Å². The molecule has 0 saturated heterocycles. The first-order chi connectivity index (χ1) is 14.3. The van der Waals surface area contributed by atoms with Crippen LogP contribution in [0.1, 0.15) is 36.5 Å². The van der Waals surface area contributed by atoms with Gasteiger partial charge < -0.3 is 8.98 Å². The maximum atomic E-state index is 13.2. The monoisotopic (exact) mass is 423 g/mol. The Morgan fingerprint density at radius 1 is 1.13 bits per heavy atom. The summed E-state index contributed by atoms with van der Waals surface area (Å²) >= 11 is 1.50. The molecule has 0 aliphatic carbocycles. The molecule has 0 atom stereocenters. The van der Waals surface area contributed by atoms with Crippen LogP contribution >= 0.6 is 11.8 Å². The molecule has 0 N–H and O–H groups in total. The van der Waals surface area contributed by atoms with Crippen molar-refractivity contribution in [3.63, 3.8) is 0 Å². The van der Waals surface area contributed by atoms with Gasteiger partial charge in [-0.15, -0.1) is 10.2 Å². The maximum absolute atomic E-state index is 13.2. The Hall–Kier alpha value is -2.93. The highest BCUT2D eigenvalue weighted by molar-refractivity contribution is 7.98. The van der Waals surface area contributed by atoms with Gasteiger partial charge in [0.2, 0.25) is 0 Å². The minimum absolute atomic E-state index is 0.290. The van der Waals surface area contributed by atoms with Crippen molar-refractivity contribution in [3.8, 4) is 11.4 Å². The molecule has 0 bridgehead atoms. The Morgan fingerprint density at radius 3 is 2.57 bits per heavy atom. The summed E-state index contributed by atoms with van der Waals surface area (Å²) in [5.41, 5.74) is 4.29. The van der Waals surface area contributed by atoms with Crippen molar-refractivity contribution in [3.05, 3.63) is 75.4 Å². The second kappa shape index (κ2) is 8.07. The predicted octanol–water partition coefficient (Wildman–Crippen LogP) is 5.45. The number of rotatable bonds is 5. The minimum Gasteiger partial charge on any atom is -0.423 e. The first-order valence-corrected chi connectivity index (χ1v) is 10.7. The lowest BCUT2D eigenvalue weighted by atomic mass is 9.95. The number of hydrogen-bond donors (Lipinski definition) is 0. The van der Waals surface area contributed by atoms with E-state index in [2.05, 4.69) is 30.1 Å². The van der Waals surface area contributed by atoms with Gasteiger partial charge in [0.25, 0.3) is 0 Å². The molecule has 4 rings (SSSR count). The first kappa shape index (κ1) is 20.3. The second-order valence-corrected chi connectivity index (χ2v) is 8.55. The zero-order valence-corrected chi connectivity index (χ0v) is 18.1. The molecule has 0 saturated carbocycles. The van der Waals surface area contributed by atoms with Crippen molar-refractivity contribution < 1.29 is 8.81 Å². The number of aromatic nitrogens is 3. The maximum Gasteiger partial charge on any atom is 0.336 e. The molecule has 30 heavy (non-hydrogen) atoms. The zero-order valence-electron chi connectivity index (χ0n) is 17.3. The van der Waals surface area contributed by atoms with Crippen LogP contribution < -0.4 is 5.63 Å². The molecule has 0 spiro atoms. The smallest absolute Gasteiger partial charge is 0.336 e. The average Bonchev–Trinajstić information content (AvgIpc) is 3.06. The Balaban J connectivity index is 1.66. The topological polar surface area (TPSA) is 60.9 Å². The van der Waals surface area contributed by atoms with Gasteiger partial charge in [-0.05, 0) is 65.9 Å². The number of benzene rings is 2. The minimum atomic E-state index is -0.361. The summed E-state index contributed by atoms with van der Waals surface area (Å²) in [5, 5.41) is 10.2. The molecule has 0 unspecified atom stereocenters. The normalized spacial score (nSPS) is 11.5. The van der Waals surface area contributed by atoms with Crippen molar-refractivity contribution in [1.29, 1.82) is 0 Å². The lowest BCUT2D eigenvalue weighted by molar-refractivity contribution is 0.559. The van der Waals surface area contributed by atoms with Crippen LogP contribution in [0.2, 0.25) is 0 Å². The molecule has 7 heteroatoms. The molecule has 0 radical (unpaired) electrons. The van der Waals surface area contributed by atoms with E-state index in [-0.39, 0.29) is 11.4 Å². The van der Waals surface area contributed by atoms with E-state index in [0.717, 1.165) is 22.1 Å². The molecule has 0 amide bonds. The Morgan fingerprint density at radius 2 is 1.87 bits per heavy atom. The van der Waals surface area contributed by atoms with Crippen molar-refractivity contribution in [2.45, 2.75) is 37.6 Å². The standard InChI is InChI=1S/C23H22FN3O2S/c1-13(2)18-11-19-16(10-21(28)29-20(19)9-14(18)3)12-30-23-26-25-22(27(23)4)15-5-7-17(24)8-6-15/h5-11,13H,12H2,1-4H3. The molecule has 0 aliphatic rings. The quantitative estimate of drug-likeness (QED) is 0.315. The van der Waals surface area contributed by atoms with Crippen LogP contribution in [0, 0.1) is 12.7 Å². The highest BCUT2D eigenvalue weighted by Crippen LogP contribution is 2.31. The fraction of sp³-hybridized carbons (Fsp3) is 0.261. The number of halogens is 1. The summed E-state index contributed by atoms with van der Waals surface area (Å²) in [7, 11) is 1.87. The summed E-state index contributed by atoms with van der Waals surface area (Å²) in [6.45, 7) is 6.34. The summed E-state index contributed by atoms with van der Waals surface area (Å²) < 4.78 is 20.5. The van der Waals surface area contributed by atoms with Gasteiger partial charge in [-0.25, -0.2) is 9.18 Å². The van der Waals surface area contributed by atoms with E-state index < -0.39 is 0 Å². The third kappa shape index (κ3) is 3.89. The van der Waals surface area contributed by atoms with E-state index in [9.17, 15) is 9.18 Å². The van der Waals surface area contributed by atoms with Gasteiger partial charge in [0.15, 0.2) is 11.0 Å². The second-order valence-electron chi connectivity index (χ2n) is 7.61. The Bertz CT molecular complexity index is 1280. The zero-order chi connectivity index (χ0) is 21.4. The van der Waals surface area contributed by atoms with E-state index in [1.54, 1.807) is 18.2 Å². The lowest BCUT2D eigenvalue weighted by Gasteiger charge is -2.13. The molecule has 0 fully saturated rings. The fourth-order valence-corrected chi connectivity index (χ4v) is 4.47. The van der Waals surface area contributed by atoms with E-state index in [4.69, 9.17) is 4.42 Å². The molecule has 2 aromatic heterocycles. The molecule has 2 heterocycles. The number of aryl methyl sites for hydroxylation is 1. The van der Waals surface area contributed by atoms with Gasteiger partial charge in [-0.1, -0.05) is 25.6 Å². The fourth-order valence-electron chi connectivity index (χ4n) is 3.57. The Labute approximate surface area is 177 Å². The van der Waals surface area contributed by atoms with E-state index in [1.807, 2.05) is 24.6 Å². The van der Waals surface area contributed by atoms with Gasteiger partial charge in [0.05, 0.1) is 0 Å². The van der Waals surface area contributed by atoms with E-state index >= 15 is 0 Å². The van der Waals surface area contributed by atoms with Crippen molar-refractivity contribution in [2.24, 2.45) is 7.05 Å². The molecule has 4 aromatic rings. The van der Waals surface area contributed by atoms with Crippen LogP contribution in [0.25, 0.3) is 22.4 Å². The number of fused-ring (bicyclic) bond motifs is 1. The average molecular weight is 424 g/mol. The van der Waals surface area contributed by atoms with Gasteiger partial charge >= 0.3 is 5.63 Å². The largest absolute Gasteiger partial charge is 0.423 e. The first-order valence-electron chi connectivity index (χ1n) is 9.69. The third-order valence-corrected chi connectivity index (χ3v) is 6.20. The third-order valence-electron chi connectivity index (χ3n) is 5.13. The highest BCUT2D eigenvalue weighted by Gasteiger charge is 2.15. The SMILES string of the molecule is Cc1cc2oc(=O)cc(CSc3nnc(-c4ccc(F)cc4)n3C)c2cc1C(C)C. The predicted molar refractivity (Wildman–Crippen MR) is 117 cm³/mol. The molecule has 0 aliphatic heterocycles. The van der Waals surface area contributed by atoms with Gasteiger partial charge in [-0.2, -0.15) is 0 Å². The van der Waals surface area contributed by atoms with E-state index in [0.29, 0.717) is 28.2 Å². The van der Waals surface area contributed by atoms with Crippen molar-refractivity contribution in [1.82, 2.24) is 14.8 Å². The molecule has 154 valence electrons. The van der Waals surface area contributed by atoms with Crippen LogP contribution in [-0.2, 0) is 12.8 Å². The van der Waals surface area contributed by atoms with E-state index in [1.165, 1.54) is 29.5 Å². The Kier molecular flexibility index (Phi) is 5.47. The van der Waals surface area contributed by atoms with Crippen LogP contribution in [-0.4, -0.2) is 14.8 Å². The van der Waals surface area contributed by atoms with Crippen LogP contribution in [0.3, 0.4) is 0 Å². The summed E-state index contributed by atoms with van der Waals surface area (Å²) in [6, 6.07) is 11.8. The number of thioether (sulfide) groups is 1. The molecular weight excluding hydrogens is 401 g/mol. The number of nitrogens with zero attached hydrogens (tertiary/aromatic N) is 3. The van der Waals surface area contributed by atoms with Crippen molar-refractivity contribution >= 4 is 22.7 Å². The molecule has 2 aromatic carbocycles. The molecule has 5 nitrogen and oxygen atoms in total. The number of hydrogen-bond acceptors (Lipinski definition) is 5.